The molecule has 1 aliphatic rings. The zero-order valence-electron chi connectivity index (χ0n) is 22.2. The molecule has 2 aromatic carbocycles. The molecular weight excluding hydrogens is 518 g/mol. The summed E-state index contributed by atoms with van der Waals surface area (Å²) in [4.78, 5) is 38.0. The average molecular weight is 552 g/mol. The normalized spacial score (nSPS) is 13.7. The highest BCUT2D eigenvalue weighted by Crippen LogP contribution is 2.42. The molecule has 4 N–H and O–H groups in total. The van der Waals surface area contributed by atoms with Gasteiger partial charge in [-0.1, -0.05) is 24.3 Å². The third-order valence-electron chi connectivity index (χ3n) is 7.09. The second kappa shape index (κ2) is 12.2. The molecule has 9 nitrogen and oxygen atoms in total. The molecule has 0 bridgehead atoms. The Morgan fingerprint density at radius 1 is 1.03 bits per heavy atom. The number of ether oxygens (including phenoxy) is 1. The van der Waals surface area contributed by atoms with Crippen LogP contribution in [0, 0.1) is 26.7 Å². The summed E-state index contributed by atoms with van der Waals surface area (Å²) in [5, 5.41) is 25.1. The second-order valence-electron chi connectivity index (χ2n) is 9.77. The molecule has 4 rings (SSSR count). The SMILES string of the molecule is Cc1cccc(NC(=O)N2CCC(CNc3cccc(-c4sc(C(=O)O)c(OCC(=O)O)c4C)c3)CC2)c1C. The Bertz CT molecular complexity index is 1380. The first-order valence-corrected chi connectivity index (χ1v) is 13.6. The van der Waals surface area contributed by atoms with Crippen molar-refractivity contribution in [3.8, 4) is 16.2 Å². The fourth-order valence-corrected chi connectivity index (χ4v) is 5.76. The van der Waals surface area contributed by atoms with Crippen molar-refractivity contribution in [3.05, 3.63) is 64.0 Å². The number of anilines is 2. The number of thiophene rings is 1. The van der Waals surface area contributed by atoms with Crippen molar-refractivity contribution in [1.29, 1.82) is 0 Å². The molecule has 1 aliphatic heterocycles. The Hall–Kier alpha value is -4.05. The van der Waals surface area contributed by atoms with Crippen LogP contribution in [-0.2, 0) is 4.79 Å². The van der Waals surface area contributed by atoms with E-state index in [0.717, 1.165) is 63.7 Å². The summed E-state index contributed by atoms with van der Waals surface area (Å²) in [6, 6.07) is 13.5. The molecule has 0 atom stereocenters. The summed E-state index contributed by atoms with van der Waals surface area (Å²) in [6.45, 7) is 7.30. The molecule has 39 heavy (non-hydrogen) atoms. The van der Waals surface area contributed by atoms with Crippen LogP contribution in [0.4, 0.5) is 16.2 Å². The number of hydrogen-bond donors (Lipinski definition) is 4. The molecule has 2 heterocycles. The number of likely N-dealkylation sites (tertiary alicyclic amines) is 1. The molecule has 3 aromatic rings. The maximum Gasteiger partial charge on any atom is 0.349 e. The van der Waals surface area contributed by atoms with E-state index in [0.29, 0.717) is 24.6 Å². The van der Waals surface area contributed by atoms with Gasteiger partial charge >= 0.3 is 18.0 Å². The van der Waals surface area contributed by atoms with E-state index in [1.54, 1.807) is 6.92 Å². The molecule has 0 spiro atoms. The van der Waals surface area contributed by atoms with Gasteiger partial charge in [-0.3, -0.25) is 0 Å². The van der Waals surface area contributed by atoms with Gasteiger partial charge in [0.2, 0.25) is 0 Å². The van der Waals surface area contributed by atoms with Gasteiger partial charge in [0.25, 0.3) is 0 Å². The molecule has 1 fully saturated rings. The topological polar surface area (TPSA) is 128 Å². The standard InChI is InChI=1S/C29H33N3O6S/c1-17-6-4-9-23(18(17)2)31-29(37)32-12-10-20(11-13-32)15-30-22-8-5-7-21(14-22)26-19(3)25(38-16-24(33)34)27(39-26)28(35)36/h4-9,14,20,30H,10-13,15-16H2,1-3H3,(H,31,37)(H,33,34)(H,35,36). The van der Waals surface area contributed by atoms with Crippen molar-refractivity contribution >= 4 is 40.7 Å². The van der Waals surface area contributed by atoms with Gasteiger partial charge < -0.3 is 30.5 Å². The van der Waals surface area contributed by atoms with Crippen LogP contribution in [0.5, 0.6) is 5.75 Å². The van der Waals surface area contributed by atoms with E-state index >= 15 is 0 Å². The Balaban J connectivity index is 1.35. The maximum atomic E-state index is 12.8. The lowest BCUT2D eigenvalue weighted by Gasteiger charge is -2.32. The molecule has 206 valence electrons. The molecule has 0 unspecified atom stereocenters. The number of rotatable bonds is 9. The first-order chi connectivity index (χ1) is 18.6. The molecular formula is C29H33N3O6S. The van der Waals surface area contributed by atoms with E-state index in [4.69, 9.17) is 9.84 Å². The number of hydrogen-bond acceptors (Lipinski definition) is 6. The van der Waals surface area contributed by atoms with Crippen molar-refractivity contribution < 1.29 is 29.3 Å². The number of piperidine rings is 1. The molecule has 1 saturated heterocycles. The molecule has 0 saturated carbocycles. The number of amides is 2. The predicted molar refractivity (Wildman–Crippen MR) is 152 cm³/mol. The largest absolute Gasteiger partial charge is 0.480 e. The van der Waals surface area contributed by atoms with Crippen LogP contribution >= 0.6 is 11.3 Å². The lowest BCUT2D eigenvalue weighted by atomic mass is 9.97. The first kappa shape index (κ1) is 28.0. The third-order valence-corrected chi connectivity index (χ3v) is 8.40. The van der Waals surface area contributed by atoms with E-state index in [9.17, 15) is 19.5 Å². The van der Waals surface area contributed by atoms with Gasteiger partial charge in [0.1, 0.15) is 5.75 Å². The average Bonchev–Trinajstić information content (AvgIpc) is 3.25. The minimum Gasteiger partial charge on any atom is -0.480 e. The summed E-state index contributed by atoms with van der Waals surface area (Å²) in [5.41, 5.74) is 5.40. The summed E-state index contributed by atoms with van der Waals surface area (Å²) >= 11 is 1.07. The fraction of sp³-hybridized carbons (Fsp3) is 0.345. The number of carboxylic acids is 2. The van der Waals surface area contributed by atoms with Crippen LogP contribution in [0.2, 0.25) is 0 Å². The van der Waals surface area contributed by atoms with Crippen molar-refractivity contribution in [3.63, 3.8) is 0 Å². The summed E-state index contributed by atoms with van der Waals surface area (Å²) in [6.07, 6.45) is 1.78. The van der Waals surface area contributed by atoms with E-state index in [1.165, 1.54) is 0 Å². The van der Waals surface area contributed by atoms with Gasteiger partial charge in [0.15, 0.2) is 11.5 Å². The third kappa shape index (κ3) is 6.69. The second-order valence-corrected chi connectivity index (χ2v) is 10.8. The quantitative estimate of drug-likeness (QED) is 0.262. The van der Waals surface area contributed by atoms with Gasteiger partial charge in [0.05, 0.1) is 0 Å². The smallest absolute Gasteiger partial charge is 0.349 e. The Morgan fingerprint density at radius 2 is 1.74 bits per heavy atom. The van der Waals surface area contributed by atoms with Gasteiger partial charge in [0, 0.05) is 41.4 Å². The number of carbonyl (C=O) groups is 3. The van der Waals surface area contributed by atoms with Crippen LogP contribution in [0.1, 0.15) is 39.2 Å². The monoisotopic (exact) mass is 551 g/mol. The predicted octanol–water partition coefficient (Wildman–Crippen LogP) is 5.86. The van der Waals surface area contributed by atoms with Crippen LogP contribution in [0.3, 0.4) is 0 Å². The molecule has 10 heteroatoms. The minimum absolute atomic E-state index is 0.0181. The summed E-state index contributed by atoms with van der Waals surface area (Å²) < 4.78 is 5.30. The van der Waals surface area contributed by atoms with Crippen LogP contribution in [-0.4, -0.2) is 59.3 Å². The zero-order chi connectivity index (χ0) is 28.1. The summed E-state index contributed by atoms with van der Waals surface area (Å²) in [5.74, 6) is -1.82. The van der Waals surface area contributed by atoms with Crippen molar-refractivity contribution in [2.24, 2.45) is 5.92 Å². The van der Waals surface area contributed by atoms with Crippen LogP contribution in [0.25, 0.3) is 10.4 Å². The van der Waals surface area contributed by atoms with E-state index in [-0.39, 0.29) is 16.7 Å². The number of urea groups is 1. The summed E-state index contributed by atoms with van der Waals surface area (Å²) in [7, 11) is 0. The van der Waals surface area contributed by atoms with E-state index in [1.807, 2.05) is 61.2 Å². The van der Waals surface area contributed by atoms with Crippen molar-refractivity contribution in [2.75, 3.05) is 36.9 Å². The highest BCUT2D eigenvalue weighted by Gasteiger charge is 2.25. The van der Waals surface area contributed by atoms with Gasteiger partial charge in [-0.2, -0.15) is 0 Å². The number of aryl methyl sites for hydroxylation is 1. The molecule has 0 radical (unpaired) electrons. The van der Waals surface area contributed by atoms with Crippen LogP contribution < -0.4 is 15.4 Å². The van der Waals surface area contributed by atoms with Gasteiger partial charge in [-0.05, 0) is 74.4 Å². The van der Waals surface area contributed by atoms with Crippen molar-refractivity contribution in [2.45, 2.75) is 33.6 Å². The lowest BCUT2D eigenvalue weighted by molar-refractivity contribution is -0.139. The number of aromatic carboxylic acids is 1. The number of carbonyl (C=O) groups excluding carboxylic acids is 1. The van der Waals surface area contributed by atoms with Crippen LogP contribution in [0.15, 0.2) is 42.5 Å². The highest BCUT2D eigenvalue weighted by molar-refractivity contribution is 7.18. The number of nitrogens with one attached hydrogen (secondary N) is 2. The lowest BCUT2D eigenvalue weighted by Crippen LogP contribution is -2.42. The Morgan fingerprint density at radius 3 is 2.44 bits per heavy atom. The highest BCUT2D eigenvalue weighted by atomic mass is 32.1. The fourth-order valence-electron chi connectivity index (χ4n) is 4.68. The number of nitrogens with zero attached hydrogens (tertiary/aromatic N) is 1. The Labute approximate surface area is 231 Å². The molecule has 1 aromatic heterocycles. The zero-order valence-corrected chi connectivity index (χ0v) is 23.1. The maximum absolute atomic E-state index is 12.8. The molecule has 0 aliphatic carbocycles. The van der Waals surface area contributed by atoms with Gasteiger partial charge in [-0.25, -0.2) is 14.4 Å². The number of aliphatic carboxylic acids is 1. The van der Waals surface area contributed by atoms with Crippen molar-refractivity contribution in [1.82, 2.24) is 4.90 Å². The number of carboxylic acid groups (broad SMARTS) is 2. The number of benzene rings is 2. The minimum atomic E-state index is -1.17. The van der Waals surface area contributed by atoms with E-state index < -0.39 is 18.5 Å². The first-order valence-electron chi connectivity index (χ1n) is 12.8. The van der Waals surface area contributed by atoms with E-state index in [2.05, 4.69) is 10.6 Å². The Kier molecular flexibility index (Phi) is 8.75. The molecule has 2 amide bonds. The van der Waals surface area contributed by atoms with Gasteiger partial charge in [-0.15, -0.1) is 11.3 Å².